The Morgan fingerprint density at radius 3 is 1.42 bits per heavy atom. The standard InChI is InChI=1S/C19H40/c1-16(2)13-11-9-7-8-10-12-14-19(18(5)6)15-17(3)4/h16-19H,7-15H2,1-6H3. The Hall–Kier alpha value is 0. The molecule has 0 radical (unpaired) electrons. The highest BCUT2D eigenvalue weighted by molar-refractivity contribution is 4.65. The average molecular weight is 269 g/mol. The molecule has 0 nitrogen and oxygen atoms in total. The van der Waals surface area contributed by atoms with Gasteiger partial charge >= 0.3 is 0 Å². The average Bonchev–Trinajstić information content (AvgIpc) is 2.29. The summed E-state index contributed by atoms with van der Waals surface area (Å²) < 4.78 is 0. The summed E-state index contributed by atoms with van der Waals surface area (Å²) in [6, 6.07) is 0. The van der Waals surface area contributed by atoms with E-state index < -0.39 is 0 Å². The predicted molar refractivity (Wildman–Crippen MR) is 89.6 cm³/mol. The molecule has 0 aliphatic heterocycles. The van der Waals surface area contributed by atoms with Crippen molar-refractivity contribution in [2.24, 2.45) is 23.7 Å². The second-order valence-electron chi connectivity index (χ2n) is 7.73. The van der Waals surface area contributed by atoms with E-state index in [-0.39, 0.29) is 0 Å². The van der Waals surface area contributed by atoms with Crippen LogP contribution in [0.25, 0.3) is 0 Å². The van der Waals surface area contributed by atoms with Gasteiger partial charge in [-0.1, -0.05) is 92.9 Å². The number of rotatable bonds is 12. The molecular formula is C19H40. The van der Waals surface area contributed by atoms with E-state index in [0.29, 0.717) is 0 Å². The summed E-state index contributed by atoms with van der Waals surface area (Å²) in [4.78, 5) is 0. The van der Waals surface area contributed by atoms with Gasteiger partial charge in [-0.2, -0.15) is 0 Å². The Morgan fingerprint density at radius 2 is 1.00 bits per heavy atom. The zero-order chi connectivity index (χ0) is 14.7. The van der Waals surface area contributed by atoms with Gasteiger partial charge in [0, 0.05) is 0 Å². The van der Waals surface area contributed by atoms with Crippen molar-refractivity contribution in [3.05, 3.63) is 0 Å². The Kier molecular flexibility index (Phi) is 11.8. The second kappa shape index (κ2) is 11.8. The summed E-state index contributed by atoms with van der Waals surface area (Å²) in [5.74, 6) is 3.58. The minimum Gasteiger partial charge on any atom is -0.0628 e. The monoisotopic (exact) mass is 268 g/mol. The van der Waals surface area contributed by atoms with E-state index in [1.807, 2.05) is 0 Å². The molecule has 0 aliphatic rings. The maximum absolute atomic E-state index is 2.40. The van der Waals surface area contributed by atoms with Crippen molar-refractivity contribution in [3.8, 4) is 0 Å². The smallest absolute Gasteiger partial charge is 0.0389 e. The number of hydrogen-bond acceptors (Lipinski definition) is 0. The summed E-state index contributed by atoms with van der Waals surface area (Å²) in [6.45, 7) is 14.2. The molecule has 0 saturated heterocycles. The van der Waals surface area contributed by atoms with Crippen molar-refractivity contribution >= 4 is 0 Å². The summed E-state index contributed by atoms with van der Waals surface area (Å²) in [7, 11) is 0. The molecule has 0 bridgehead atoms. The van der Waals surface area contributed by atoms with Gasteiger partial charge in [0.1, 0.15) is 0 Å². The molecule has 19 heavy (non-hydrogen) atoms. The Morgan fingerprint density at radius 1 is 0.526 bits per heavy atom. The molecule has 0 aromatic carbocycles. The van der Waals surface area contributed by atoms with E-state index in [2.05, 4.69) is 41.5 Å². The molecule has 0 saturated carbocycles. The van der Waals surface area contributed by atoms with Crippen LogP contribution in [-0.4, -0.2) is 0 Å². The second-order valence-corrected chi connectivity index (χ2v) is 7.73. The fourth-order valence-corrected chi connectivity index (χ4v) is 3.00. The van der Waals surface area contributed by atoms with E-state index in [4.69, 9.17) is 0 Å². The van der Waals surface area contributed by atoms with Gasteiger partial charge in [0.2, 0.25) is 0 Å². The van der Waals surface area contributed by atoms with Crippen LogP contribution in [-0.2, 0) is 0 Å². The van der Waals surface area contributed by atoms with Crippen LogP contribution >= 0.6 is 0 Å². The number of unbranched alkanes of at least 4 members (excludes halogenated alkanes) is 5. The van der Waals surface area contributed by atoms with Crippen LogP contribution in [0, 0.1) is 23.7 Å². The largest absolute Gasteiger partial charge is 0.0628 e. The molecule has 0 fully saturated rings. The van der Waals surface area contributed by atoms with Gasteiger partial charge in [-0.3, -0.25) is 0 Å². The first-order valence-electron chi connectivity index (χ1n) is 8.93. The molecule has 0 rings (SSSR count). The lowest BCUT2D eigenvalue weighted by atomic mass is 9.84. The molecule has 0 N–H and O–H groups in total. The Bertz CT molecular complexity index is 178. The maximum atomic E-state index is 2.40. The lowest BCUT2D eigenvalue weighted by Crippen LogP contribution is -2.11. The van der Waals surface area contributed by atoms with Crippen LogP contribution in [0.1, 0.15) is 99.3 Å². The summed E-state index contributed by atoms with van der Waals surface area (Å²) in [6.07, 6.45) is 13.0. The first kappa shape index (κ1) is 19.0. The van der Waals surface area contributed by atoms with E-state index in [9.17, 15) is 0 Å². The summed E-state index contributed by atoms with van der Waals surface area (Å²) in [5, 5.41) is 0. The molecule has 0 heteroatoms. The Labute approximate surface area is 123 Å². The third kappa shape index (κ3) is 12.8. The fraction of sp³-hybridized carbons (Fsp3) is 1.00. The van der Waals surface area contributed by atoms with Crippen LogP contribution < -0.4 is 0 Å². The minimum absolute atomic E-state index is 0.864. The first-order valence-corrected chi connectivity index (χ1v) is 8.93. The van der Waals surface area contributed by atoms with Crippen LogP contribution in [0.5, 0.6) is 0 Å². The van der Waals surface area contributed by atoms with Crippen molar-refractivity contribution in [2.75, 3.05) is 0 Å². The quantitative estimate of drug-likeness (QED) is 0.332. The minimum atomic E-state index is 0.864. The third-order valence-electron chi connectivity index (χ3n) is 4.32. The van der Waals surface area contributed by atoms with Crippen LogP contribution in [0.4, 0.5) is 0 Å². The van der Waals surface area contributed by atoms with Gasteiger partial charge < -0.3 is 0 Å². The highest BCUT2D eigenvalue weighted by atomic mass is 14.2. The van der Waals surface area contributed by atoms with Crippen LogP contribution in [0.3, 0.4) is 0 Å². The molecule has 1 atom stereocenters. The zero-order valence-electron chi connectivity index (χ0n) is 14.7. The highest BCUT2D eigenvalue weighted by Crippen LogP contribution is 2.26. The molecule has 0 aromatic rings. The van der Waals surface area contributed by atoms with Crippen molar-refractivity contribution in [3.63, 3.8) is 0 Å². The summed E-state index contributed by atoms with van der Waals surface area (Å²) in [5.41, 5.74) is 0. The van der Waals surface area contributed by atoms with Crippen molar-refractivity contribution in [1.82, 2.24) is 0 Å². The highest BCUT2D eigenvalue weighted by Gasteiger charge is 2.14. The van der Waals surface area contributed by atoms with Crippen LogP contribution in [0.15, 0.2) is 0 Å². The third-order valence-corrected chi connectivity index (χ3v) is 4.32. The van der Waals surface area contributed by atoms with Crippen molar-refractivity contribution in [2.45, 2.75) is 99.3 Å². The lowest BCUT2D eigenvalue weighted by Gasteiger charge is -2.22. The van der Waals surface area contributed by atoms with Gasteiger partial charge in [-0.25, -0.2) is 0 Å². The predicted octanol–water partition coefficient (Wildman–Crippen LogP) is 7.08. The van der Waals surface area contributed by atoms with Gasteiger partial charge in [0.15, 0.2) is 0 Å². The maximum Gasteiger partial charge on any atom is -0.0389 e. The van der Waals surface area contributed by atoms with E-state index in [1.165, 1.54) is 57.8 Å². The molecule has 1 unspecified atom stereocenters. The zero-order valence-corrected chi connectivity index (χ0v) is 14.7. The molecular weight excluding hydrogens is 228 g/mol. The van der Waals surface area contributed by atoms with E-state index in [0.717, 1.165) is 23.7 Å². The first-order chi connectivity index (χ1) is 8.93. The van der Waals surface area contributed by atoms with E-state index in [1.54, 1.807) is 0 Å². The molecule has 0 aromatic heterocycles. The molecule has 116 valence electrons. The normalized spacial score (nSPS) is 13.7. The molecule has 0 heterocycles. The van der Waals surface area contributed by atoms with Crippen molar-refractivity contribution < 1.29 is 0 Å². The van der Waals surface area contributed by atoms with Gasteiger partial charge in [0.05, 0.1) is 0 Å². The van der Waals surface area contributed by atoms with E-state index >= 15 is 0 Å². The number of hydrogen-bond donors (Lipinski definition) is 0. The summed E-state index contributed by atoms with van der Waals surface area (Å²) >= 11 is 0. The molecule has 0 aliphatic carbocycles. The van der Waals surface area contributed by atoms with Gasteiger partial charge in [0.25, 0.3) is 0 Å². The van der Waals surface area contributed by atoms with Gasteiger partial charge in [-0.15, -0.1) is 0 Å². The van der Waals surface area contributed by atoms with Crippen molar-refractivity contribution in [1.29, 1.82) is 0 Å². The fourth-order valence-electron chi connectivity index (χ4n) is 3.00. The topological polar surface area (TPSA) is 0 Å². The molecule has 0 amide bonds. The Balaban J connectivity index is 3.45. The van der Waals surface area contributed by atoms with Gasteiger partial charge in [-0.05, 0) is 30.1 Å². The van der Waals surface area contributed by atoms with Crippen LogP contribution in [0.2, 0.25) is 0 Å². The lowest BCUT2D eigenvalue weighted by molar-refractivity contribution is 0.289. The molecule has 0 spiro atoms. The SMILES string of the molecule is CC(C)CCCCCCCCC(CC(C)C)C(C)C.